The highest BCUT2D eigenvalue weighted by Crippen LogP contribution is 2.30. The molecular weight excluding hydrogens is 181 g/mol. The Morgan fingerprint density at radius 3 is 2.43 bits per heavy atom. The summed E-state index contributed by atoms with van der Waals surface area (Å²) in [7, 11) is 0. The van der Waals surface area contributed by atoms with Gasteiger partial charge in [0.15, 0.2) is 0 Å². The fourth-order valence-corrected chi connectivity index (χ4v) is 1.27. The van der Waals surface area contributed by atoms with Gasteiger partial charge in [0.25, 0.3) is 0 Å². The molecule has 0 aromatic heterocycles. The second-order valence-electron chi connectivity index (χ2n) is 4.11. The molecule has 0 aliphatic heterocycles. The minimum absolute atomic E-state index is 0.0204. The van der Waals surface area contributed by atoms with E-state index in [4.69, 9.17) is 5.73 Å². The number of rotatable bonds is 2. The predicted molar refractivity (Wildman–Crippen MR) is 54.8 cm³/mol. The van der Waals surface area contributed by atoms with E-state index in [1.807, 2.05) is 13.8 Å². The van der Waals surface area contributed by atoms with Crippen LogP contribution in [0.3, 0.4) is 0 Å². The van der Waals surface area contributed by atoms with Crippen molar-refractivity contribution in [1.82, 2.24) is 0 Å². The molecule has 1 rings (SSSR count). The van der Waals surface area contributed by atoms with Crippen LogP contribution in [0, 0.1) is 0 Å². The Morgan fingerprint density at radius 1 is 1.43 bits per heavy atom. The van der Waals surface area contributed by atoms with E-state index < -0.39 is 11.7 Å². The van der Waals surface area contributed by atoms with Crippen LogP contribution in [0.4, 0.5) is 4.39 Å². The first-order valence-electron chi connectivity index (χ1n) is 4.58. The van der Waals surface area contributed by atoms with E-state index in [1.165, 1.54) is 13.0 Å². The highest BCUT2D eigenvalue weighted by Gasteiger charge is 2.17. The van der Waals surface area contributed by atoms with E-state index in [0.29, 0.717) is 5.56 Å². The maximum atomic E-state index is 13.1. The molecule has 1 unspecified atom stereocenters. The molecule has 14 heavy (non-hydrogen) atoms. The number of nitrogens with two attached hydrogens (primary N) is 1. The minimum atomic E-state index is -1.18. The summed E-state index contributed by atoms with van der Waals surface area (Å²) in [5.74, 6) is -0.0204. The molecule has 0 fully saturated rings. The summed E-state index contributed by atoms with van der Waals surface area (Å²) >= 11 is 0. The van der Waals surface area contributed by atoms with E-state index in [2.05, 4.69) is 0 Å². The topological polar surface area (TPSA) is 46.2 Å². The van der Waals surface area contributed by atoms with Gasteiger partial charge in [-0.3, -0.25) is 0 Å². The van der Waals surface area contributed by atoms with Crippen LogP contribution in [0.2, 0.25) is 0 Å². The molecule has 0 radical (unpaired) electrons. The lowest BCUT2D eigenvalue weighted by molar-refractivity contribution is 0.355. The average Bonchev–Trinajstić information content (AvgIpc) is 2.02. The third-order valence-corrected chi connectivity index (χ3v) is 2.20. The largest absolute Gasteiger partial charge is 0.508 e. The van der Waals surface area contributed by atoms with Gasteiger partial charge in [0.05, 0.1) is 0 Å². The number of hydrogen-bond acceptors (Lipinski definition) is 2. The number of phenols is 1. The lowest BCUT2D eigenvalue weighted by Crippen LogP contribution is -2.28. The van der Waals surface area contributed by atoms with Crippen molar-refractivity contribution in [3.8, 4) is 5.75 Å². The minimum Gasteiger partial charge on any atom is -0.508 e. The van der Waals surface area contributed by atoms with Crippen LogP contribution >= 0.6 is 0 Å². The van der Waals surface area contributed by atoms with Crippen LogP contribution in [0.25, 0.3) is 0 Å². The number of aromatic hydroxyl groups is 1. The summed E-state index contributed by atoms with van der Waals surface area (Å²) < 4.78 is 13.1. The zero-order valence-electron chi connectivity index (χ0n) is 8.71. The number of alkyl halides is 1. The Balaban J connectivity index is 3.20. The van der Waals surface area contributed by atoms with Crippen molar-refractivity contribution < 1.29 is 9.50 Å². The highest BCUT2D eigenvalue weighted by molar-refractivity contribution is 5.39. The monoisotopic (exact) mass is 197 g/mol. The van der Waals surface area contributed by atoms with Crippen molar-refractivity contribution >= 4 is 0 Å². The summed E-state index contributed by atoms with van der Waals surface area (Å²) in [6.45, 7) is 5.07. The van der Waals surface area contributed by atoms with Crippen LogP contribution in [0.5, 0.6) is 5.75 Å². The molecular formula is C11H16FNO. The molecule has 0 amide bonds. The van der Waals surface area contributed by atoms with Gasteiger partial charge in [0.1, 0.15) is 11.9 Å². The molecule has 0 heterocycles. The van der Waals surface area contributed by atoms with E-state index in [0.717, 1.165) is 5.56 Å². The fraction of sp³-hybridized carbons (Fsp3) is 0.455. The number of benzene rings is 1. The maximum Gasteiger partial charge on any atom is 0.126 e. The third kappa shape index (κ3) is 2.23. The van der Waals surface area contributed by atoms with Gasteiger partial charge in [-0.2, -0.15) is 0 Å². The number of halogens is 1. The Hall–Kier alpha value is -1.09. The molecule has 0 aliphatic rings. The van der Waals surface area contributed by atoms with Crippen molar-refractivity contribution in [2.45, 2.75) is 32.5 Å². The van der Waals surface area contributed by atoms with E-state index in [1.54, 1.807) is 12.1 Å². The smallest absolute Gasteiger partial charge is 0.126 e. The molecule has 0 aliphatic carbocycles. The van der Waals surface area contributed by atoms with Crippen LogP contribution in [0.1, 0.15) is 38.1 Å². The predicted octanol–water partition coefficient (Wildman–Crippen LogP) is 2.62. The zero-order chi connectivity index (χ0) is 10.9. The van der Waals surface area contributed by atoms with Crippen molar-refractivity contribution in [2.24, 2.45) is 5.73 Å². The maximum absolute atomic E-state index is 13.1. The molecule has 0 saturated carbocycles. The van der Waals surface area contributed by atoms with Crippen molar-refractivity contribution in [3.05, 3.63) is 29.3 Å². The van der Waals surface area contributed by atoms with Gasteiger partial charge in [-0.05, 0) is 38.5 Å². The van der Waals surface area contributed by atoms with Crippen LogP contribution < -0.4 is 5.73 Å². The van der Waals surface area contributed by atoms with Crippen molar-refractivity contribution in [1.29, 1.82) is 0 Å². The first-order valence-corrected chi connectivity index (χ1v) is 4.58. The highest BCUT2D eigenvalue weighted by atomic mass is 19.1. The van der Waals surface area contributed by atoms with Crippen molar-refractivity contribution in [2.75, 3.05) is 0 Å². The van der Waals surface area contributed by atoms with Crippen molar-refractivity contribution in [3.63, 3.8) is 0 Å². The molecule has 1 atom stereocenters. The molecule has 0 bridgehead atoms. The summed E-state index contributed by atoms with van der Waals surface area (Å²) in [6.07, 6.45) is -1.18. The van der Waals surface area contributed by atoms with Gasteiger partial charge in [0.2, 0.25) is 0 Å². The average molecular weight is 197 g/mol. The molecule has 0 saturated heterocycles. The second-order valence-corrected chi connectivity index (χ2v) is 4.11. The Morgan fingerprint density at radius 2 is 2.00 bits per heavy atom. The first-order chi connectivity index (χ1) is 6.32. The van der Waals surface area contributed by atoms with E-state index in [9.17, 15) is 9.50 Å². The lowest BCUT2D eigenvalue weighted by Gasteiger charge is -2.20. The Bertz CT molecular complexity index is 329. The van der Waals surface area contributed by atoms with Gasteiger partial charge >= 0.3 is 0 Å². The Labute approximate surface area is 83.6 Å². The molecule has 2 nitrogen and oxygen atoms in total. The summed E-state index contributed by atoms with van der Waals surface area (Å²) in [5.41, 5.74) is 6.46. The normalized spacial score (nSPS) is 14.1. The Kier molecular flexibility index (Phi) is 2.81. The van der Waals surface area contributed by atoms with Gasteiger partial charge in [0, 0.05) is 11.1 Å². The fourth-order valence-electron chi connectivity index (χ4n) is 1.27. The zero-order valence-corrected chi connectivity index (χ0v) is 8.71. The SMILES string of the molecule is CC(F)c1cc(C(C)(C)N)ccc1O. The van der Waals surface area contributed by atoms with Crippen LogP contribution in [0.15, 0.2) is 18.2 Å². The van der Waals surface area contributed by atoms with Gasteiger partial charge in [-0.1, -0.05) is 6.07 Å². The molecule has 3 heteroatoms. The number of phenolic OH excluding ortho intramolecular Hbond substituents is 1. The van der Waals surface area contributed by atoms with Gasteiger partial charge in [-0.15, -0.1) is 0 Å². The molecule has 0 spiro atoms. The number of hydrogen-bond donors (Lipinski definition) is 2. The van der Waals surface area contributed by atoms with Crippen LogP contribution in [-0.4, -0.2) is 5.11 Å². The third-order valence-electron chi connectivity index (χ3n) is 2.20. The molecule has 78 valence electrons. The second kappa shape index (κ2) is 3.58. The molecule has 1 aromatic carbocycles. The standard InChI is InChI=1S/C11H16FNO/c1-7(12)9-6-8(11(2,3)13)4-5-10(9)14/h4-7,14H,13H2,1-3H3. The lowest BCUT2D eigenvalue weighted by atomic mass is 9.93. The van der Waals surface area contributed by atoms with E-state index >= 15 is 0 Å². The quantitative estimate of drug-likeness (QED) is 0.765. The van der Waals surface area contributed by atoms with E-state index in [-0.39, 0.29) is 5.75 Å². The molecule has 3 N–H and O–H groups in total. The summed E-state index contributed by atoms with van der Waals surface area (Å²) in [4.78, 5) is 0. The first kappa shape index (κ1) is 11.0. The summed E-state index contributed by atoms with van der Waals surface area (Å²) in [5, 5.41) is 9.39. The van der Waals surface area contributed by atoms with Crippen LogP contribution in [-0.2, 0) is 5.54 Å². The van der Waals surface area contributed by atoms with Gasteiger partial charge < -0.3 is 10.8 Å². The summed E-state index contributed by atoms with van der Waals surface area (Å²) in [6, 6.07) is 4.80. The van der Waals surface area contributed by atoms with Gasteiger partial charge in [-0.25, -0.2) is 4.39 Å². The molecule has 1 aromatic rings.